The molecule has 19 heavy (non-hydrogen) atoms. The van der Waals surface area contributed by atoms with Gasteiger partial charge in [0.2, 0.25) is 0 Å². The fourth-order valence-electron chi connectivity index (χ4n) is 2.51. The predicted molar refractivity (Wildman–Crippen MR) is 78.6 cm³/mol. The maximum Gasteiger partial charge on any atom is 0.190 e. The van der Waals surface area contributed by atoms with Gasteiger partial charge < -0.3 is 5.32 Å². The predicted octanol–water partition coefficient (Wildman–Crippen LogP) is 3.30. The van der Waals surface area contributed by atoms with Crippen LogP contribution in [-0.4, -0.2) is 21.5 Å². The second-order valence-electron chi connectivity index (χ2n) is 4.75. The molecule has 0 amide bonds. The van der Waals surface area contributed by atoms with Crippen LogP contribution in [0.4, 0.5) is 5.82 Å². The van der Waals surface area contributed by atoms with Gasteiger partial charge >= 0.3 is 0 Å². The van der Waals surface area contributed by atoms with E-state index in [1.54, 1.807) is 11.3 Å². The van der Waals surface area contributed by atoms with Crippen LogP contribution >= 0.6 is 11.3 Å². The fourth-order valence-corrected chi connectivity index (χ4v) is 3.08. The van der Waals surface area contributed by atoms with Crippen molar-refractivity contribution >= 4 is 17.2 Å². The van der Waals surface area contributed by atoms with Crippen molar-refractivity contribution in [2.75, 3.05) is 11.9 Å². The number of aromatic nitrogens is 3. The highest BCUT2D eigenvalue weighted by atomic mass is 32.1. The van der Waals surface area contributed by atoms with Crippen molar-refractivity contribution in [1.82, 2.24) is 15.0 Å². The van der Waals surface area contributed by atoms with Gasteiger partial charge in [0.15, 0.2) is 10.8 Å². The maximum atomic E-state index is 4.76. The zero-order valence-electron chi connectivity index (χ0n) is 11.1. The zero-order chi connectivity index (χ0) is 13.1. The Kier molecular flexibility index (Phi) is 3.73. The number of rotatable bonds is 3. The standard InChI is InChI=1S/C14H18N4S/c1-2-15-12-10-6-4-3-5-7-11(10)17-13(18-12)14-16-8-9-19-14/h8-9H,2-7H2,1H3,(H,15,17,18). The molecule has 0 fully saturated rings. The normalized spacial score (nSPS) is 14.8. The van der Waals surface area contributed by atoms with E-state index in [2.05, 4.69) is 22.2 Å². The lowest BCUT2D eigenvalue weighted by Gasteiger charge is -2.13. The Bertz CT molecular complexity index is 551. The van der Waals surface area contributed by atoms with Gasteiger partial charge in [-0.15, -0.1) is 11.3 Å². The molecule has 0 unspecified atom stereocenters. The third-order valence-corrected chi connectivity index (χ3v) is 4.17. The summed E-state index contributed by atoms with van der Waals surface area (Å²) in [7, 11) is 0. The summed E-state index contributed by atoms with van der Waals surface area (Å²) in [6.45, 7) is 3.00. The number of fused-ring (bicyclic) bond motifs is 1. The molecule has 100 valence electrons. The van der Waals surface area contributed by atoms with Crippen LogP contribution in [-0.2, 0) is 12.8 Å². The van der Waals surface area contributed by atoms with E-state index in [0.717, 1.165) is 36.0 Å². The van der Waals surface area contributed by atoms with E-state index in [4.69, 9.17) is 4.98 Å². The van der Waals surface area contributed by atoms with E-state index in [-0.39, 0.29) is 0 Å². The van der Waals surface area contributed by atoms with Crippen LogP contribution in [0.1, 0.15) is 37.4 Å². The minimum atomic E-state index is 0.770. The van der Waals surface area contributed by atoms with Crippen molar-refractivity contribution in [3.05, 3.63) is 22.8 Å². The molecular formula is C14H18N4S. The Morgan fingerprint density at radius 3 is 2.89 bits per heavy atom. The smallest absolute Gasteiger partial charge is 0.190 e. The summed E-state index contributed by atoms with van der Waals surface area (Å²) in [5.74, 6) is 1.78. The highest BCUT2D eigenvalue weighted by Crippen LogP contribution is 2.28. The van der Waals surface area contributed by atoms with E-state index in [9.17, 15) is 0 Å². The van der Waals surface area contributed by atoms with Crippen molar-refractivity contribution in [1.29, 1.82) is 0 Å². The molecule has 0 atom stereocenters. The molecule has 1 N–H and O–H groups in total. The number of aryl methyl sites for hydroxylation is 1. The molecule has 1 aliphatic carbocycles. The first-order chi connectivity index (χ1) is 9.38. The first kappa shape index (κ1) is 12.5. The fraction of sp³-hybridized carbons (Fsp3) is 0.500. The van der Waals surface area contributed by atoms with Gasteiger partial charge in [0.05, 0.1) is 0 Å². The Hall–Kier alpha value is -1.49. The van der Waals surface area contributed by atoms with Gasteiger partial charge in [0.25, 0.3) is 0 Å². The highest BCUT2D eigenvalue weighted by Gasteiger charge is 2.17. The van der Waals surface area contributed by atoms with Crippen LogP contribution in [0, 0.1) is 0 Å². The third kappa shape index (κ3) is 2.61. The maximum absolute atomic E-state index is 4.76. The molecule has 0 bridgehead atoms. The van der Waals surface area contributed by atoms with Crippen LogP contribution < -0.4 is 5.32 Å². The van der Waals surface area contributed by atoms with Crippen molar-refractivity contribution in [3.63, 3.8) is 0 Å². The Balaban J connectivity index is 2.08. The van der Waals surface area contributed by atoms with Crippen LogP contribution in [0.25, 0.3) is 10.8 Å². The largest absolute Gasteiger partial charge is 0.370 e. The van der Waals surface area contributed by atoms with Gasteiger partial charge in [0.1, 0.15) is 5.82 Å². The summed E-state index contributed by atoms with van der Waals surface area (Å²) < 4.78 is 0. The molecule has 0 saturated carbocycles. The molecular weight excluding hydrogens is 256 g/mol. The molecule has 0 radical (unpaired) electrons. The first-order valence-corrected chi connectivity index (χ1v) is 7.80. The lowest BCUT2D eigenvalue weighted by Crippen LogP contribution is -2.09. The number of anilines is 1. The first-order valence-electron chi connectivity index (χ1n) is 6.92. The summed E-state index contributed by atoms with van der Waals surface area (Å²) in [6.07, 6.45) is 7.72. The van der Waals surface area contributed by atoms with Crippen LogP contribution in [0.15, 0.2) is 11.6 Å². The number of thiazole rings is 1. The molecule has 0 aliphatic heterocycles. The molecule has 1 aliphatic rings. The monoisotopic (exact) mass is 274 g/mol. The number of nitrogens with one attached hydrogen (secondary N) is 1. The molecule has 3 rings (SSSR count). The SMILES string of the molecule is CCNc1nc(-c2nccs2)nc2c1CCCCC2. The van der Waals surface area contributed by atoms with Crippen molar-refractivity contribution in [2.24, 2.45) is 0 Å². The van der Waals surface area contributed by atoms with E-state index < -0.39 is 0 Å². The Morgan fingerprint density at radius 1 is 1.21 bits per heavy atom. The van der Waals surface area contributed by atoms with Gasteiger partial charge in [0, 0.05) is 29.4 Å². The number of hydrogen-bond donors (Lipinski definition) is 1. The number of nitrogens with zero attached hydrogens (tertiary/aromatic N) is 3. The van der Waals surface area contributed by atoms with Crippen LogP contribution in [0.2, 0.25) is 0 Å². The average molecular weight is 274 g/mol. The van der Waals surface area contributed by atoms with Crippen LogP contribution in [0.3, 0.4) is 0 Å². The minimum Gasteiger partial charge on any atom is -0.370 e. The lowest BCUT2D eigenvalue weighted by molar-refractivity contribution is 0.709. The van der Waals surface area contributed by atoms with E-state index in [1.807, 2.05) is 11.6 Å². The molecule has 2 aromatic rings. The second-order valence-corrected chi connectivity index (χ2v) is 5.64. The molecule has 0 spiro atoms. The quantitative estimate of drug-likeness (QED) is 0.872. The van der Waals surface area contributed by atoms with Gasteiger partial charge in [-0.25, -0.2) is 15.0 Å². The summed E-state index contributed by atoms with van der Waals surface area (Å²) in [4.78, 5) is 13.8. The topological polar surface area (TPSA) is 50.7 Å². The molecule has 5 heteroatoms. The lowest BCUT2D eigenvalue weighted by atomic mass is 10.1. The molecule has 0 saturated heterocycles. The Labute approximate surface area is 117 Å². The summed E-state index contributed by atoms with van der Waals surface area (Å²) in [6, 6.07) is 0. The summed E-state index contributed by atoms with van der Waals surface area (Å²) in [5.41, 5.74) is 2.54. The molecule has 0 aromatic carbocycles. The van der Waals surface area contributed by atoms with Crippen molar-refractivity contribution in [3.8, 4) is 10.8 Å². The van der Waals surface area contributed by atoms with Crippen molar-refractivity contribution in [2.45, 2.75) is 39.0 Å². The van der Waals surface area contributed by atoms with Gasteiger partial charge in [-0.3, -0.25) is 0 Å². The van der Waals surface area contributed by atoms with Crippen molar-refractivity contribution < 1.29 is 0 Å². The van der Waals surface area contributed by atoms with E-state index in [0.29, 0.717) is 0 Å². The van der Waals surface area contributed by atoms with Crippen LogP contribution in [0.5, 0.6) is 0 Å². The summed E-state index contributed by atoms with van der Waals surface area (Å²) >= 11 is 1.59. The van der Waals surface area contributed by atoms with Gasteiger partial charge in [-0.2, -0.15) is 0 Å². The third-order valence-electron chi connectivity index (χ3n) is 3.40. The highest BCUT2D eigenvalue weighted by molar-refractivity contribution is 7.13. The average Bonchev–Trinajstić information content (AvgIpc) is 2.85. The molecule has 4 nitrogen and oxygen atoms in total. The van der Waals surface area contributed by atoms with E-state index >= 15 is 0 Å². The number of hydrogen-bond acceptors (Lipinski definition) is 5. The van der Waals surface area contributed by atoms with E-state index in [1.165, 1.54) is 30.5 Å². The Morgan fingerprint density at radius 2 is 2.11 bits per heavy atom. The molecule has 2 heterocycles. The van der Waals surface area contributed by atoms with Gasteiger partial charge in [-0.1, -0.05) is 6.42 Å². The minimum absolute atomic E-state index is 0.770. The molecule has 2 aromatic heterocycles. The van der Waals surface area contributed by atoms with Gasteiger partial charge in [-0.05, 0) is 32.6 Å². The zero-order valence-corrected chi connectivity index (χ0v) is 12.0. The second kappa shape index (κ2) is 5.65. The summed E-state index contributed by atoms with van der Waals surface area (Å²) in [5, 5.41) is 6.27.